The molecule has 0 N–H and O–H groups in total. The maximum atomic E-state index is 13.0. The number of ether oxygens (including phenoxy) is 2. The molecule has 0 saturated heterocycles. The third kappa shape index (κ3) is 5.28. The monoisotopic (exact) mass is 459 g/mol. The molecule has 2 atom stereocenters. The number of alkyl halides is 1. The smallest absolute Gasteiger partial charge is 0.409 e. The second-order valence-corrected chi connectivity index (χ2v) is 9.57. The molecule has 1 spiro atoms. The van der Waals surface area contributed by atoms with E-state index >= 15 is 0 Å². The van der Waals surface area contributed by atoms with Gasteiger partial charge in [-0.2, -0.15) is 0 Å². The minimum absolute atomic E-state index is 0.00322. The van der Waals surface area contributed by atoms with E-state index in [1.165, 1.54) is 43.9 Å². The number of rotatable bonds is 8. The van der Waals surface area contributed by atoms with E-state index < -0.39 is 12.3 Å². The highest BCUT2D eigenvalue weighted by atomic mass is 19.1. The molecule has 2 aliphatic rings. The Kier molecular flexibility index (Phi) is 6.86. The third-order valence-corrected chi connectivity index (χ3v) is 6.96. The summed E-state index contributed by atoms with van der Waals surface area (Å²) >= 11 is 0. The van der Waals surface area contributed by atoms with Crippen LogP contribution in [0.5, 0.6) is 5.75 Å². The van der Waals surface area contributed by atoms with Crippen molar-refractivity contribution in [3.05, 3.63) is 23.5 Å². The van der Waals surface area contributed by atoms with Gasteiger partial charge in [0.25, 0.3) is 0 Å². The molecule has 4 rings (SSSR count). The second-order valence-electron chi connectivity index (χ2n) is 9.57. The van der Waals surface area contributed by atoms with E-state index in [0.717, 1.165) is 17.9 Å². The van der Waals surface area contributed by atoms with Gasteiger partial charge in [0.15, 0.2) is 0 Å². The number of amides is 1. The molecule has 0 bridgehead atoms. The van der Waals surface area contributed by atoms with Crippen molar-refractivity contribution in [3.63, 3.8) is 0 Å². The van der Waals surface area contributed by atoms with Crippen LogP contribution >= 0.6 is 0 Å². The van der Waals surface area contributed by atoms with Crippen molar-refractivity contribution in [2.45, 2.75) is 77.7 Å². The molecule has 2 heterocycles. The van der Waals surface area contributed by atoms with Gasteiger partial charge in [0.1, 0.15) is 29.8 Å². The van der Waals surface area contributed by atoms with Crippen LogP contribution in [0.15, 0.2) is 12.1 Å². The molecule has 2 aliphatic carbocycles. The molecule has 180 valence electrons. The minimum atomic E-state index is -0.970. The lowest BCUT2D eigenvalue weighted by atomic mass is 9.86. The van der Waals surface area contributed by atoms with Crippen LogP contribution < -0.4 is 4.74 Å². The number of halogens is 1. The Hall–Kier alpha value is -2.71. The minimum Gasteiger partial charge on any atom is -0.488 e. The maximum absolute atomic E-state index is 13.0. The average molecular weight is 460 g/mol. The number of aryl methyl sites for hydroxylation is 2. The standard InChI is InChI=1S/C24H34FN5O3/c1-16(25)10-13-29(3)23(31)32-15-19-22(27-28-30(19)4)18-8-9-20(17(2)26-18)33-21-14-24(21)11-6-5-7-12-24/h8-9,16,21H,5-7,10-15H2,1-4H3/t16?,21-/m0/s1. The summed E-state index contributed by atoms with van der Waals surface area (Å²) in [5, 5.41) is 8.32. The van der Waals surface area contributed by atoms with Crippen molar-refractivity contribution < 1.29 is 18.7 Å². The number of carbonyl (C=O) groups is 1. The Morgan fingerprint density at radius 3 is 2.79 bits per heavy atom. The van der Waals surface area contributed by atoms with E-state index in [0.29, 0.717) is 28.6 Å². The van der Waals surface area contributed by atoms with Crippen molar-refractivity contribution >= 4 is 6.09 Å². The topological polar surface area (TPSA) is 82.4 Å². The van der Waals surface area contributed by atoms with Gasteiger partial charge in [0, 0.05) is 26.1 Å². The first-order chi connectivity index (χ1) is 15.8. The first-order valence-electron chi connectivity index (χ1n) is 11.8. The number of hydrogen-bond acceptors (Lipinski definition) is 6. The SMILES string of the molecule is Cc1nc(-c2nnn(C)c2COC(=O)N(C)CCC(C)F)ccc1O[C@H]1CC12CCCCC2. The fourth-order valence-electron chi connectivity index (χ4n) is 4.66. The lowest BCUT2D eigenvalue weighted by Gasteiger charge is -2.22. The number of carbonyl (C=O) groups excluding carboxylic acids is 1. The van der Waals surface area contributed by atoms with Crippen LogP contribution in [0.4, 0.5) is 9.18 Å². The van der Waals surface area contributed by atoms with Crippen molar-refractivity contribution in [2.24, 2.45) is 12.5 Å². The molecule has 2 aromatic heterocycles. The van der Waals surface area contributed by atoms with E-state index in [2.05, 4.69) is 10.3 Å². The van der Waals surface area contributed by atoms with Crippen molar-refractivity contribution in [2.75, 3.05) is 13.6 Å². The molecule has 8 nitrogen and oxygen atoms in total. The first-order valence-corrected chi connectivity index (χ1v) is 11.8. The van der Waals surface area contributed by atoms with Crippen molar-refractivity contribution in [3.8, 4) is 17.1 Å². The summed E-state index contributed by atoms with van der Waals surface area (Å²) in [6.07, 6.45) is 6.72. The second kappa shape index (κ2) is 9.65. The summed E-state index contributed by atoms with van der Waals surface area (Å²) in [4.78, 5) is 18.3. The fourth-order valence-corrected chi connectivity index (χ4v) is 4.66. The Morgan fingerprint density at radius 2 is 2.09 bits per heavy atom. The van der Waals surface area contributed by atoms with E-state index in [1.54, 1.807) is 18.8 Å². The lowest BCUT2D eigenvalue weighted by Crippen LogP contribution is -2.29. The Morgan fingerprint density at radius 1 is 1.33 bits per heavy atom. The maximum Gasteiger partial charge on any atom is 0.409 e. The number of aromatic nitrogens is 4. The Bertz CT molecular complexity index is 986. The Labute approximate surface area is 194 Å². The highest BCUT2D eigenvalue weighted by Crippen LogP contribution is 2.58. The zero-order valence-corrected chi connectivity index (χ0v) is 20.0. The van der Waals surface area contributed by atoms with Crippen LogP contribution in [0.2, 0.25) is 0 Å². The molecule has 1 amide bonds. The third-order valence-electron chi connectivity index (χ3n) is 6.96. The largest absolute Gasteiger partial charge is 0.488 e. The normalized spacial score (nSPS) is 19.8. The summed E-state index contributed by atoms with van der Waals surface area (Å²) in [6.45, 7) is 3.69. The highest BCUT2D eigenvalue weighted by molar-refractivity contribution is 5.67. The van der Waals surface area contributed by atoms with Gasteiger partial charge < -0.3 is 14.4 Å². The molecule has 0 radical (unpaired) electrons. The summed E-state index contributed by atoms with van der Waals surface area (Å²) in [6, 6.07) is 3.82. The predicted octanol–water partition coefficient (Wildman–Crippen LogP) is 4.60. The number of nitrogens with zero attached hydrogens (tertiary/aromatic N) is 5. The van der Waals surface area contributed by atoms with Gasteiger partial charge in [0.2, 0.25) is 0 Å². The molecule has 1 unspecified atom stereocenters. The van der Waals surface area contributed by atoms with Crippen LogP contribution in [0.25, 0.3) is 11.4 Å². The van der Waals surface area contributed by atoms with Crippen LogP contribution in [-0.2, 0) is 18.4 Å². The predicted molar refractivity (Wildman–Crippen MR) is 122 cm³/mol. The molecule has 33 heavy (non-hydrogen) atoms. The van der Waals surface area contributed by atoms with Gasteiger partial charge in [-0.1, -0.05) is 24.5 Å². The fraction of sp³-hybridized carbons (Fsp3) is 0.667. The zero-order valence-electron chi connectivity index (χ0n) is 20.0. The van der Waals surface area contributed by atoms with Crippen LogP contribution in [0, 0.1) is 12.3 Å². The van der Waals surface area contributed by atoms with Crippen LogP contribution in [0.1, 0.15) is 63.3 Å². The van der Waals surface area contributed by atoms with Gasteiger partial charge in [-0.15, -0.1) is 5.10 Å². The summed E-state index contributed by atoms with van der Waals surface area (Å²) in [5.41, 5.74) is 3.05. The van der Waals surface area contributed by atoms with E-state index in [-0.39, 0.29) is 19.6 Å². The van der Waals surface area contributed by atoms with Crippen LogP contribution in [0.3, 0.4) is 0 Å². The van der Waals surface area contributed by atoms with Gasteiger partial charge in [-0.3, -0.25) is 0 Å². The van der Waals surface area contributed by atoms with Crippen LogP contribution in [-0.4, -0.2) is 56.8 Å². The van der Waals surface area contributed by atoms with E-state index in [1.807, 2.05) is 19.1 Å². The van der Waals surface area contributed by atoms with Gasteiger partial charge in [0.05, 0.1) is 17.6 Å². The molecule has 0 aliphatic heterocycles. The summed E-state index contributed by atoms with van der Waals surface area (Å²) in [7, 11) is 3.34. The molecule has 2 fully saturated rings. The highest BCUT2D eigenvalue weighted by Gasteiger charge is 2.56. The van der Waals surface area contributed by atoms with Gasteiger partial charge in [-0.25, -0.2) is 18.9 Å². The van der Waals surface area contributed by atoms with E-state index in [9.17, 15) is 9.18 Å². The average Bonchev–Trinajstić information content (AvgIpc) is 3.29. The molecule has 0 aromatic carbocycles. The molecule has 9 heteroatoms. The molecule has 2 aromatic rings. The lowest BCUT2D eigenvalue weighted by molar-refractivity contribution is 0.100. The molecular formula is C24H34FN5O3. The van der Waals surface area contributed by atoms with Gasteiger partial charge >= 0.3 is 6.09 Å². The molecular weight excluding hydrogens is 425 g/mol. The first kappa shape index (κ1) is 23.4. The van der Waals surface area contributed by atoms with E-state index in [4.69, 9.17) is 14.5 Å². The number of hydrogen-bond donors (Lipinski definition) is 0. The zero-order chi connectivity index (χ0) is 23.6. The summed E-state index contributed by atoms with van der Waals surface area (Å²) < 4.78 is 26.3. The summed E-state index contributed by atoms with van der Waals surface area (Å²) in [5.74, 6) is 0.812. The van der Waals surface area contributed by atoms with Crippen molar-refractivity contribution in [1.29, 1.82) is 0 Å². The number of pyridine rings is 1. The van der Waals surface area contributed by atoms with Gasteiger partial charge in [-0.05, 0) is 51.7 Å². The van der Waals surface area contributed by atoms with Crippen molar-refractivity contribution in [1.82, 2.24) is 24.9 Å². The quantitative estimate of drug-likeness (QED) is 0.574. The molecule has 2 saturated carbocycles. The Balaban J connectivity index is 1.40.